The van der Waals surface area contributed by atoms with Crippen molar-refractivity contribution in [2.45, 2.75) is 19.3 Å². The molecule has 0 aliphatic heterocycles. The molecule has 0 spiro atoms. The minimum atomic E-state index is -0.368. The van der Waals surface area contributed by atoms with E-state index in [2.05, 4.69) is 22.0 Å². The summed E-state index contributed by atoms with van der Waals surface area (Å²) >= 11 is 5.01. The molecular formula is C8H8BrNS. The lowest BCUT2D eigenvalue weighted by molar-refractivity contribution is 0.700. The van der Waals surface area contributed by atoms with Crippen molar-refractivity contribution in [1.29, 1.82) is 5.26 Å². The van der Waals surface area contributed by atoms with Crippen LogP contribution in [-0.4, -0.2) is 0 Å². The van der Waals surface area contributed by atoms with E-state index in [9.17, 15) is 0 Å². The normalized spacial score (nSPS) is 11.1. The summed E-state index contributed by atoms with van der Waals surface area (Å²) in [6.07, 6.45) is 0. The van der Waals surface area contributed by atoms with Crippen LogP contribution in [0.1, 0.15) is 18.7 Å². The second-order valence-electron chi connectivity index (χ2n) is 2.83. The molecule has 0 saturated carbocycles. The molecule has 1 aromatic heterocycles. The molecule has 58 valence electrons. The van der Waals surface area contributed by atoms with E-state index >= 15 is 0 Å². The Hall–Kier alpha value is -0.330. The topological polar surface area (TPSA) is 23.8 Å². The van der Waals surface area contributed by atoms with Gasteiger partial charge in [-0.3, -0.25) is 0 Å². The van der Waals surface area contributed by atoms with Crippen molar-refractivity contribution in [1.82, 2.24) is 0 Å². The lowest BCUT2D eigenvalue weighted by Crippen LogP contribution is -2.11. The molecular weight excluding hydrogens is 222 g/mol. The fourth-order valence-electron chi connectivity index (χ4n) is 0.790. The van der Waals surface area contributed by atoms with Gasteiger partial charge in [0.2, 0.25) is 0 Å². The standard InChI is InChI=1S/C8H8BrNS/c1-8(2,5-10)7-6(9)3-4-11-7/h3-4H,1-2H3. The van der Waals surface area contributed by atoms with E-state index in [-0.39, 0.29) is 5.41 Å². The second kappa shape index (κ2) is 2.96. The van der Waals surface area contributed by atoms with E-state index in [4.69, 9.17) is 5.26 Å². The Morgan fingerprint density at radius 1 is 1.64 bits per heavy atom. The van der Waals surface area contributed by atoms with Gasteiger partial charge < -0.3 is 0 Å². The number of thiophene rings is 1. The molecule has 0 aliphatic carbocycles. The summed E-state index contributed by atoms with van der Waals surface area (Å²) in [5, 5.41) is 10.8. The number of halogens is 1. The molecule has 0 bridgehead atoms. The Labute approximate surface area is 78.8 Å². The van der Waals surface area contributed by atoms with Crippen LogP contribution in [0.15, 0.2) is 15.9 Å². The van der Waals surface area contributed by atoms with E-state index in [0.717, 1.165) is 9.35 Å². The predicted molar refractivity (Wildman–Crippen MR) is 50.7 cm³/mol. The minimum absolute atomic E-state index is 0.368. The van der Waals surface area contributed by atoms with E-state index < -0.39 is 0 Å². The first-order valence-electron chi connectivity index (χ1n) is 3.22. The summed E-state index contributed by atoms with van der Waals surface area (Å²) in [4.78, 5) is 1.10. The highest BCUT2D eigenvalue weighted by molar-refractivity contribution is 9.10. The first-order chi connectivity index (χ1) is 5.08. The van der Waals surface area contributed by atoms with E-state index in [1.54, 1.807) is 11.3 Å². The maximum absolute atomic E-state index is 8.83. The molecule has 0 aromatic carbocycles. The average Bonchev–Trinajstić information content (AvgIpc) is 2.36. The number of nitriles is 1. The fourth-order valence-corrected chi connectivity index (χ4v) is 2.73. The van der Waals surface area contributed by atoms with Gasteiger partial charge in [0.25, 0.3) is 0 Å². The van der Waals surface area contributed by atoms with Crippen molar-refractivity contribution < 1.29 is 0 Å². The zero-order valence-corrected chi connectivity index (χ0v) is 8.79. The maximum Gasteiger partial charge on any atom is 0.0870 e. The molecule has 0 saturated heterocycles. The Kier molecular flexibility index (Phi) is 2.36. The molecule has 1 aromatic rings. The summed E-state index contributed by atoms with van der Waals surface area (Å²) in [5.74, 6) is 0. The van der Waals surface area contributed by atoms with Gasteiger partial charge in [0, 0.05) is 9.35 Å². The zero-order chi connectivity index (χ0) is 8.48. The molecule has 1 heterocycles. The third-order valence-corrected chi connectivity index (χ3v) is 3.63. The number of hydrogen-bond donors (Lipinski definition) is 0. The Morgan fingerprint density at radius 3 is 2.64 bits per heavy atom. The maximum atomic E-state index is 8.83. The molecule has 0 aliphatic rings. The van der Waals surface area contributed by atoms with Crippen LogP contribution >= 0.6 is 27.3 Å². The van der Waals surface area contributed by atoms with E-state index in [0.29, 0.717) is 0 Å². The van der Waals surface area contributed by atoms with Gasteiger partial charge in [-0.25, -0.2) is 0 Å². The molecule has 0 N–H and O–H groups in total. The monoisotopic (exact) mass is 229 g/mol. The van der Waals surface area contributed by atoms with Crippen molar-refractivity contribution in [3.05, 3.63) is 20.8 Å². The molecule has 11 heavy (non-hydrogen) atoms. The van der Waals surface area contributed by atoms with Gasteiger partial charge in [-0.05, 0) is 41.2 Å². The van der Waals surface area contributed by atoms with Crippen LogP contribution in [0.25, 0.3) is 0 Å². The molecule has 1 rings (SSSR count). The minimum Gasteiger partial charge on any atom is -0.197 e. The van der Waals surface area contributed by atoms with Crippen LogP contribution < -0.4 is 0 Å². The Balaban J connectivity index is 3.13. The van der Waals surface area contributed by atoms with Crippen molar-refractivity contribution >= 4 is 27.3 Å². The lowest BCUT2D eigenvalue weighted by Gasteiger charge is -2.12. The van der Waals surface area contributed by atoms with Crippen LogP contribution in [-0.2, 0) is 5.41 Å². The van der Waals surface area contributed by atoms with E-state index in [1.807, 2.05) is 25.3 Å². The second-order valence-corrected chi connectivity index (χ2v) is 4.60. The van der Waals surface area contributed by atoms with Crippen molar-refractivity contribution in [2.24, 2.45) is 0 Å². The molecule has 1 nitrogen and oxygen atoms in total. The summed E-state index contributed by atoms with van der Waals surface area (Å²) in [6.45, 7) is 3.84. The van der Waals surface area contributed by atoms with Crippen molar-refractivity contribution in [3.63, 3.8) is 0 Å². The van der Waals surface area contributed by atoms with Crippen molar-refractivity contribution in [3.8, 4) is 6.07 Å². The Bertz CT molecular complexity index is 295. The third-order valence-electron chi connectivity index (χ3n) is 1.46. The van der Waals surface area contributed by atoms with Gasteiger partial charge in [0.15, 0.2) is 0 Å². The quantitative estimate of drug-likeness (QED) is 0.726. The lowest BCUT2D eigenvalue weighted by atomic mass is 9.94. The summed E-state index contributed by atoms with van der Waals surface area (Å²) in [5.41, 5.74) is -0.368. The molecule has 0 amide bonds. The van der Waals surface area contributed by atoms with Gasteiger partial charge in [-0.1, -0.05) is 0 Å². The van der Waals surface area contributed by atoms with Gasteiger partial charge in [0.1, 0.15) is 0 Å². The summed E-state index contributed by atoms with van der Waals surface area (Å²) in [7, 11) is 0. The van der Waals surface area contributed by atoms with Crippen molar-refractivity contribution in [2.75, 3.05) is 0 Å². The predicted octanol–water partition coefficient (Wildman–Crippen LogP) is 3.31. The fraction of sp³-hybridized carbons (Fsp3) is 0.375. The zero-order valence-electron chi connectivity index (χ0n) is 6.39. The number of rotatable bonds is 1. The van der Waals surface area contributed by atoms with Gasteiger partial charge in [-0.2, -0.15) is 5.26 Å². The van der Waals surface area contributed by atoms with Gasteiger partial charge >= 0.3 is 0 Å². The summed E-state index contributed by atoms with van der Waals surface area (Å²) < 4.78 is 1.04. The summed E-state index contributed by atoms with van der Waals surface area (Å²) in [6, 6.07) is 4.24. The molecule has 0 atom stereocenters. The highest BCUT2D eigenvalue weighted by Gasteiger charge is 2.23. The van der Waals surface area contributed by atoms with Crippen LogP contribution in [0, 0.1) is 11.3 Å². The number of hydrogen-bond acceptors (Lipinski definition) is 2. The highest BCUT2D eigenvalue weighted by Crippen LogP contribution is 2.33. The van der Waals surface area contributed by atoms with Gasteiger partial charge in [0.05, 0.1) is 11.5 Å². The van der Waals surface area contributed by atoms with Crippen LogP contribution in [0.5, 0.6) is 0 Å². The largest absolute Gasteiger partial charge is 0.197 e. The third kappa shape index (κ3) is 1.63. The first kappa shape index (κ1) is 8.76. The van der Waals surface area contributed by atoms with Crippen LogP contribution in [0.4, 0.5) is 0 Å². The van der Waals surface area contributed by atoms with Gasteiger partial charge in [-0.15, -0.1) is 11.3 Å². The smallest absolute Gasteiger partial charge is 0.0870 e. The van der Waals surface area contributed by atoms with Crippen LogP contribution in [0.3, 0.4) is 0 Å². The molecule has 3 heteroatoms. The van der Waals surface area contributed by atoms with E-state index in [1.165, 1.54) is 0 Å². The SMILES string of the molecule is CC(C)(C#N)c1sccc1Br. The highest BCUT2D eigenvalue weighted by atomic mass is 79.9. The average molecular weight is 230 g/mol. The number of nitrogens with zero attached hydrogens (tertiary/aromatic N) is 1. The first-order valence-corrected chi connectivity index (χ1v) is 4.90. The molecule has 0 radical (unpaired) electrons. The Morgan fingerprint density at radius 2 is 2.27 bits per heavy atom. The molecule has 0 fully saturated rings. The molecule has 0 unspecified atom stereocenters. The van der Waals surface area contributed by atoms with Crippen LogP contribution in [0.2, 0.25) is 0 Å².